The Balaban J connectivity index is 3.20. The van der Waals surface area contributed by atoms with Crippen molar-refractivity contribution in [3.8, 4) is 0 Å². The third-order valence-electron chi connectivity index (χ3n) is 2.21. The summed E-state index contributed by atoms with van der Waals surface area (Å²) in [5, 5.41) is 0. The Labute approximate surface area is 116 Å². The lowest BCUT2D eigenvalue weighted by Gasteiger charge is -2.08. The monoisotopic (exact) mass is 338 g/mol. The Bertz CT molecular complexity index is 523. The zero-order valence-electron chi connectivity index (χ0n) is 9.93. The van der Waals surface area contributed by atoms with Gasteiger partial charge in [0.15, 0.2) is 11.6 Å². The van der Waals surface area contributed by atoms with Crippen LogP contribution in [0.2, 0.25) is 0 Å². The lowest BCUT2D eigenvalue weighted by Crippen LogP contribution is -2.04. The van der Waals surface area contributed by atoms with Crippen LogP contribution in [0.15, 0.2) is 27.3 Å². The van der Waals surface area contributed by atoms with Gasteiger partial charge in [0.05, 0.1) is 11.0 Å². The van der Waals surface area contributed by atoms with Crippen molar-refractivity contribution in [3.05, 3.63) is 39.5 Å². The molecule has 0 atom stereocenters. The molecule has 0 aromatic heterocycles. The molecular weight excluding hydrogens is 328 g/mol. The van der Waals surface area contributed by atoms with Crippen molar-refractivity contribution in [2.75, 3.05) is 6.54 Å². The molecule has 0 radical (unpaired) electrons. The van der Waals surface area contributed by atoms with Crippen LogP contribution >= 0.6 is 15.9 Å². The molecule has 7 heteroatoms. The van der Waals surface area contributed by atoms with Gasteiger partial charge >= 0.3 is 0 Å². The van der Waals surface area contributed by atoms with Crippen LogP contribution in [0, 0.1) is 11.6 Å². The lowest BCUT2D eigenvalue weighted by molar-refractivity contribution is 0.159. The van der Waals surface area contributed by atoms with Crippen molar-refractivity contribution in [2.24, 2.45) is 10.7 Å². The van der Waals surface area contributed by atoms with E-state index in [1.54, 1.807) is 0 Å². The molecular formula is C12H11BrF4N2. The molecule has 0 amide bonds. The molecule has 0 bridgehead atoms. The van der Waals surface area contributed by atoms with E-state index in [0.717, 1.165) is 6.21 Å². The molecule has 0 heterocycles. The normalized spacial score (nSPS) is 13.2. The van der Waals surface area contributed by atoms with Gasteiger partial charge in [-0.2, -0.15) is 0 Å². The van der Waals surface area contributed by atoms with Crippen LogP contribution in [0.1, 0.15) is 12.5 Å². The first-order valence-corrected chi connectivity index (χ1v) is 6.02. The van der Waals surface area contributed by atoms with Crippen molar-refractivity contribution >= 4 is 27.7 Å². The standard InChI is InChI=1S/C12H11BrF4N2/c1-6(18)8(4-19-5-10(14)15)7-2-3-9(13)12(17)11(7)16/h2-4,10H,5,18H2,1H3/b8-6+,19-4?. The quantitative estimate of drug-likeness (QED) is 0.506. The molecule has 1 aromatic rings. The van der Waals surface area contributed by atoms with E-state index < -0.39 is 24.6 Å². The third kappa shape index (κ3) is 4.05. The largest absolute Gasteiger partial charge is 0.402 e. The minimum Gasteiger partial charge on any atom is -0.402 e. The molecule has 104 valence electrons. The molecule has 0 unspecified atom stereocenters. The molecule has 0 aliphatic rings. The molecule has 0 saturated carbocycles. The van der Waals surface area contributed by atoms with E-state index in [4.69, 9.17) is 5.73 Å². The Hall–Kier alpha value is -1.37. The maximum Gasteiger partial charge on any atom is 0.257 e. The SMILES string of the molecule is C/C(N)=C(/C=NCC(F)F)c1ccc(Br)c(F)c1F. The molecule has 0 aliphatic heterocycles. The summed E-state index contributed by atoms with van der Waals surface area (Å²) in [5.41, 5.74) is 5.64. The van der Waals surface area contributed by atoms with Crippen LogP contribution in [0.4, 0.5) is 17.6 Å². The molecule has 0 spiro atoms. The predicted octanol–water partition coefficient (Wildman–Crippen LogP) is 3.75. The van der Waals surface area contributed by atoms with Gasteiger partial charge in [-0.25, -0.2) is 17.6 Å². The zero-order valence-corrected chi connectivity index (χ0v) is 11.5. The van der Waals surface area contributed by atoms with E-state index in [9.17, 15) is 17.6 Å². The number of allylic oxidation sites excluding steroid dienone is 2. The van der Waals surface area contributed by atoms with Gasteiger partial charge in [-0.05, 0) is 35.0 Å². The molecule has 2 N–H and O–H groups in total. The Kier molecular flexibility index (Phi) is 5.53. The minimum absolute atomic E-state index is 0.0349. The zero-order chi connectivity index (χ0) is 14.6. The van der Waals surface area contributed by atoms with Crippen LogP contribution in [0.5, 0.6) is 0 Å². The average Bonchev–Trinajstić information content (AvgIpc) is 2.32. The van der Waals surface area contributed by atoms with E-state index in [1.807, 2.05) is 0 Å². The van der Waals surface area contributed by atoms with Gasteiger partial charge in [0.2, 0.25) is 0 Å². The second-order valence-corrected chi connectivity index (χ2v) is 4.56. The van der Waals surface area contributed by atoms with E-state index in [1.165, 1.54) is 19.1 Å². The van der Waals surface area contributed by atoms with Gasteiger partial charge in [-0.3, -0.25) is 4.99 Å². The summed E-state index contributed by atoms with van der Waals surface area (Å²) in [5.74, 6) is -2.18. The van der Waals surface area contributed by atoms with Crippen molar-refractivity contribution in [1.29, 1.82) is 0 Å². The highest BCUT2D eigenvalue weighted by molar-refractivity contribution is 9.10. The highest BCUT2D eigenvalue weighted by Gasteiger charge is 2.15. The van der Waals surface area contributed by atoms with E-state index in [-0.39, 0.29) is 21.3 Å². The number of rotatable bonds is 4. The number of nitrogens with two attached hydrogens (primary N) is 1. The minimum atomic E-state index is -2.61. The van der Waals surface area contributed by atoms with E-state index in [2.05, 4.69) is 20.9 Å². The fourth-order valence-electron chi connectivity index (χ4n) is 1.34. The Morgan fingerprint density at radius 2 is 2.00 bits per heavy atom. The van der Waals surface area contributed by atoms with Crippen LogP contribution < -0.4 is 5.73 Å². The second-order valence-electron chi connectivity index (χ2n) is 3.70. The molecule has 1 rings (SSSR count). The number of nitrogens with zero attached hydrogens (tertiary/aromatic N) is 1. The van der Waals surface area contributed by atoms with Gasteiger partial charge in [-0.1, -0.05) is 0 Å². The first kappa shape index (κ1) is 15.7. The Morgan fingerprint density at radius 3 is 2.53 bits per heavy atom. The summed E-state index contributed by atoms with van der Waals surface area (Å²) in [6.07, 6.45) is -1.59. The van der Waals surface area contributed by atoms with Crippen LogP contribution in [0.25, 0.3) is 5.57 Å². The predicted molar refractivity (Wildman–Crippen MR) is 70.2 cm³/mol. The summed E-state index contributed by atoms with van der Waals surface area (Å²) >= 11 is 2.84. The average molecular weight is 339 g/mol. The van der Waals surface area contributed by atoms with Gasteiger partial charge in [-0.15, -0.1) is 0 Å². The maximum atomic E-state index is 13.8. The van der Waals surface area contributed by atoms with Crippen molar-refractivity contribution in [2.45, 2.75) is 13.3 Å². The second kappa shape index (κ2) is 6.70. The number of halogens is 5. The fraction of sp³-hybridized carbons (Fsp3) is 0.250. The van der Waals surface area contributed by atoms with Crippen molar-refractivity contribution in [1.82, 2.24) is 0 Å². The van der Waals surface area contributed by atoms with Gasteiger partial charge in [0.1, 0.15) is 0 Å². The first-order chi connectivity index (χ1) is 8.84. The number of hydrogen-bond acceptors (Lipinski definition) is 2. The topological polar surface area (TPSA) is 38.4 Å². The maximum absolute atomic E-state index is 13.8. The summed E-state index contributed by atoms with van der Waals surface area (Å²) in [7, 11) is 0. The van der Waals surface area contributed by atoms with Gasteiger partial charge in [0, 0.05) is 23.0 Å². The molecule has 1 aromatic carbocycles. The highest BCUT2D eigenvalue weighted by atomic mass is 79.9. The van der Waals surface area contributed by atoms with E-state index >= 15 is 0 Å². The summed E-state index contributed by atoms with van der Waals surface area (Å²) in [6.45, 7) is 0.723. The molecule has 0 fully saturated rings. The number of hydrogen-bond donors (Lipinski definition) is 1. The molecule has 0 saturated heterocycles. The highest BCUT2D eigenvalue weighted by Crippen LogP contribution is 2.26. The van der Waals surface area contributed by atoms with Crippen LogP contribution in [0.3, 0.4) is 0 Å². The van der Waals surface area contributed by atoms with Crippen molar-refractivity contribution in [3.63, 3.8) is 0 Å². The third-order valence-corrected chi connectivity index (χ3v) is 2.83. The molecule has 19 heavy (non-hydrogen) atoms. The fourth-order valence-corrected chi connectivity index (χ4v) is 1.65. The first-order valence-electron chi connectivity index (χ1n) is 5.22. The smallest absolute Gasteiger partial charge is 0.257 e. The van der Waals surface area contributed by atoms with Crippen LogP contribution in [-0.4, -0.2) is 19.2 Å². The number of aliphatic imine (C=N–C) groups is 1. The summed E-state index contributed by atoms with van der Waals surface area (Å²) in [4.78, 5) is 3.45. The molecule has 0 aliphatic carbocycles. The van der Waals surface area contributed by atoms with E-state index in [0.29, 0.717) is 0 Å². The number of alkyl halides is 2. The lowest BCUT2D eigenvalue weighted by atomic mass is 10.0. The van der Waals surface area contributed by atoms with Crippen molar-refractivity contribution < 1.29 is 17.6 Å². The van der Waals surface area contributed by atoms with Gasteiger partial charge < -0.3 is 5.73 Å². The summed E-state index contributed by atoms with van der Waals surface area (Å²) in [6, 6.07) is 2.60. The van der Waals surface area contributed by atoms with Crippen LogP contribution in [-0.2, 0) is 0 Å². The van der Waals surface area contributed by atoms with Gasteiger partial charge in [0.25, 0.3) is 6.43 Å². The summed E-state index contributed by atoms with van der Waals surface area (Å²) < 4.78 is 51.1. The molecule has 2 nitrogen and oxygen atoms in total. The Morgan fingerprint density at radius 1 is 1.37 bits per heavy atom. The number of benzene rings is 1.